The first-order chi connectivity index (χ1) is 9.60. The molecular formula is C12H13IN4O3. The lowest BCUT2D eigenvalue weighted by atomic mass is 10.2. The monoisotopic (exact) mass is 388 g/mol. The molecule has 0 amide bonds. The number of rotatable bonds is 6. The summed E-state index contributed by atoms with van der Waals surface area (Å²) in [5, 5.41) is 18.2. The molecule has 1 aromatic heterocycles. The molecule has 2 aromatic rings. The number of hydrogen-bond acceptors (Lipinski definition) is 5. The number of hydrogen-bond donors (Lipinski definition) is 1. The van der Waals surface area contributed by atoms with Crippen LogP contribution in [0.3, 0.4) is 0 Å². The van der Waals surface area contributed by atoms with Crippen LogP contribution in [0, 0.1) is 13.7 Å². The minimum atomic E-state index is -0.403. The Bertz CT molecular complexity index is 614. The highest BCUT2D eigenvalue weighted by atomic mass is 127. The number of nitrogens with one attached hydrogen (secondary N) is 1. The van der Waals surface area contributed by atoms with Crippen LogP contribution in [0.25, 0.3) is 0 Å². The Hall–Kier alpha value is -1.68. The molecule has 0 aliphatic rings. The van der Waals surface area contributed by atoms with Gasteiger partial charge in [-0.1, -0.05) is 0 Å². The first-order valence-electron chi connectivity index (χ1n) is 5.82. The number of nitro groups is 1. The summed E-state index contributed by atoms with van der Waals surface area (Å²) in [6.45, 7) is 1.19. The molecule has 1 N–H and O–H groups in total. The van der Waals surface area contributed by atoms with Gasteiger partial charge in [0, 0.05) is 22.9 Å². The Morgan fingerprint density at radius 3 is 3.05 bits per heavy atom. The quantitative estimate of drug-likeness (QED) is 0.468. The van der Waals surface area contributed by atoms with E-state index in [1.54, 1.807) is 30.3 Å². The van der Waals surface area contributed by atoms with Gasteiger partial charge in [0.05, 0.1) is 30.0 Å². The van der Waals surface area contributed by atoms with Crippen LogP contribution in [-0.4, -0.2) is 28.4 Å². The Morgan fingerprint density at radius 2 is 2.35 bits per heavy atom. The van der Waals surface area contributed by atoms with Gasteiger partial charge < -0.3 is 10.1 Å². The van der Waals surface area contributed by atoms with Crippen molar-refractivity contribution in [3.05, 3.63) is 44.3 Å². The molecule has 0 aliphatic carbocycles. The van der Waals surface area contributed by atoms with Gasteiger partial charge in [-0.3, -0.25) is 14.8 Å². The molecule has 0 unspecified atom stereocenters. The standard InChI is InChI=1S/C12H13IN4O3/c1-20-5-4-16-8-10(7-14-16)15-11-3-2-9(13)6-12(11)17(18)19/h2-3,6-8,15H,4-5H2,1H3. The number of nitrogens with zero attached hydrogens (tertiary/aromatic N) is 3. The Labute approximate surface area is 129 Å². The summed E-state index contributed by atoms with van der Waals surface area (Å²) in [7, 11) is 1.62. The lowest BCUT2D eigenvalue weighted by Crippen LogP contribution is -2.04. The van der Waals surface area contributed by atoms with Gasteiger partial charge in [-0.15, -0.1) is 0 Å². The molecule has 0 atom stereocenters. The number of aromatic nitrogens is 2. The third-order valence-electron chi connectivity index (χ3n) is 2.59. The maximum atomic E-state index is 11.0. The highest BCUT2D eigenvalue weighted by Gasteiger charge is 2.14. The number of halogens is 1. The van der Waals surface area contributed by atoms with Crippen LogP contribution in [0.5, 0.6) is 0 Å². The van der Waals surface area contributed by atoms with Crippen LogP contribution in [0.15, 0.2) is 30.6 Å². The molecule has 0 saturated carbocycles. The first kappa shape index (κ1) is 14.7. The second-order valence-electron chi connectivity index (χ2n) is 4.03. The number of methoxy groups -OCH3 is 1. The summed E-state index contributed by atoms with van der Waals surface area (Å²) in [6.07, 6.45) is 3.40. The molecule has 0 saturated heterocycles. The predicted octanol–water partition coefficient (Wildman–Crippen LogP) is 2.79. The fraction of sp³-hybridized carbons (Fsp3) is 0.250. The number of anilines is 2. The summed E-state index contributed by atoms with van der Waals surface area (Å²) in [6, 6.07) is 5.02. The van der Waals surface area contributed by atoms with E-state index in [0.717, 1.165) is 3.57 Å². The molecule has 7 nitrogen and oxygen atoms in total. The summed E-state index contributed by atoms with van der Waals surface area (Å²) < 4.78 is 7.49. The number of benzene rings is 1. The molecule has 0 bridgehead atoms. The zero-order valence-corrected chi connectivity index (χ0v) is 12.9. The van der Waals surface area contributed by atoms with E-state index < -0.39 is 4.92 Å². The topological polar surface area (TPSA) is 82.2 Å². The van der Waals surface area contributed by atoms with E-state index in [2.05, 4.69) is 10.4 Å². The van der Waals surface area contributed by atoms with E-state index in [1.807, 2.05) is 28.7 Å². The fourth-order valence-electron chi connectivity index (χ4n) is 1.65. The summed E-state index contributed by atoms with van der Waals surface area (Å²) in [5.74, 6) is 0. The molecule has 2 rings (SSSR count). The molecule has 1 aromatic carbocycles. The van der Waals surface area contributed by atoms with Crippen LogP contribution < -0.4 is 5.32 Å². The Kier molecular flexibility index (Phi) is 4.90. The van der Waals surface area contributed by atoms with Gasteiger partial charge in [0.15, 0.2) is 0 Å². The van der Waals surface area contributed by atoms with E-state index in [9.17, 15) is 10.1 Å². The molecule has 1 heterocycles. The van der Waals surface area contributed by atoms with E-state index in [1.165, 1.54) is 6.07 Å². The normalized spacial score (nSPS) is 10.5. The van der Waals surface area contributed by atoms with Crippen LogP contribution in [0.1, 0.15) is 0 Å². The van der Waals surface area contributed by atoms with Gasteiger partial charge >= 0.3 is 0 Å². The maximum Gasteiger partial charge on any atom is 0.293 e. The van der Waals surface area contributed by atoms with Crippen molar-refractivity contribution in [2.45, 2.75) is 6.54 Å². The zero-order chi connectivity index (χ0) is 14.5. The van der Waals surface area contributed by atoms with Crippen molar-refractivity contribution in [2.24, 2.45) is 0 Å². The molecule has 0 spiro atoms. The van der Waals surface area contributed by atoms with Gasteiger partial charge in [0.25, 0.3) is 5.69 Å². The van der Waals surface area contributed by atoms with Crippen LogP contribution in [0.2, 0.25) is 0 Å². The van der Waals surface area contributed by atoms with Crippen molar-refractivity contribution in [1.29, 1.82) is 0 Å². The second-order valence-corrected chi connectivity index (χ2v) is 5.27. The van der Waals surface area contributed by atoms with E-state index in [4.69, 9.17) is 4.74 Å². The minimum absolute atomic E-state index is 0.0431. The second kappa shape index (κ2) is 6.66. The average molecular weight is 388 g/mol. The summed E-state index contributed by atoms with van der Waals surface area (Å²) in [4.78, 5) is 10.6. The molecule has 106 valence electrons. The third-order valence-corrected chi connectivity index (χ3v) is 3.26. The molecule has 0 radical (unpaired) electrons. The molecule has 8 heteroatoms. The van der Waals surface area contributed by atoms with Crippen LogP contribution >= 0.6 is 22.6 Å². The molecule has 0 fully saturated rings. The summed E-state index contributed by atoms with van der Waals surface area (Å²) >= 11 is 2.04. The lowest BCUT2D eigenvalue weighted by Gasteiger charge is -2.05. The molecular weight excluding hydrogens is 375 g/mol. The first-order valence-corrected chi connectivity index (χ1v) is 6.90. The van der Waals surface area contributed by atoms with Gasteiger partial charge in [-0.2, -0.15) is 5.10 Å². The number of nitro benzene ring substituents is 1. The fourth-order valence-corrected chi connectivity index (χ4v) is 2.13. The van der Waals surface area contributed by atoms with E-state index >= 15 is 0 Å². The minimum Gasteiger partial charge on any atom is -0.383 e. The van der Waals surface area contributed by atoms with Crippen molar-refractivity contribution in [3.8, 4) is 0 Å². The van der Waals surface area contributed by atoms with Crippen LogP contribution in [0.4, 0.5) is 17.1 Å². The Balaban J connectivity index is 2.17. The van der Waals surface area contributed by atoms with Gasteiger partial charge in [0.2, 0.25) is 0 Å². The van der Waals surface area contributed by atoms with Crippen LogP contribution in [-0.2, 0) is 11.3 Å². The van der Waals surface area contributed by atoms with E-state index in [0.29, 0.717) is 24.5 Å². The largest absolute Gasteiger partial charge is 0.383 e. The van der Waals surface area contributed by atoms with Crippen molar-refractivity contribution < 1.29 is 9.66 Å². The number of ether oxygens (including phenoxy) is 1. The lowest BCUT2D eigenvalue weighted by molar-refractivity contribution is -0.384. The van der Waals surface area contributed by atoms with Gasteiger partial charge in [-0.05, 0) is 34.7 Å². The summed E-state index contributed by atoms with van der Waals surface area (Å²) in [5.41, 5.74) is 1.19. The molecule has 0 aliphatic heterocycles. The smallest absolute Gasteiger partial charge is 0.293 e. The average Bonchev–Trinajstić information content (AvgIpc) is 2.86. The van der Waals surface area contributed by atoms with Gasteiger partial charge in [0.1, 0.15) is 5.69 Å². The highest BCUT2D eigenvalue weighted by Crippen LogP contribution is 2.28. The van der Waals surface area contributed by atoms with Crippen molar-refractivity contribution in [2.75, 3.05) is 19.0 Å². The Morgan fingerprint density at radius 1 is 1.55 bits per heavy atom. The van der Waals surface area contributed by atoms with Crippen molar-refractivity contribution in [3.63, 3.8) is 0 Å². The van der Waals surface area contributed by atoms with Crippen molar-refractivity contribution in [1.82, 2.24) is 9.78 Å². The third kappa shape index (κ3) is 3.67. The SMILES string of the molecule is COCCn1cc(Nc2ccc(I)cc2[N+](=O)[O-])cn1. The van der Waals surface area contributed by atoms with Gasteiger partial charge in [-0.25, -0.2) is 0 Å². The molecule has 20 heavy (non-hydrogen) atoms. The van der Waals surface area contributed by atoms with E-state index in [-0.39, 0.29) is 5.69 Å². The highest BCUT2D eigenvalue weighted by molar-refractivity contribution is 14.1. The zero-order valence-electron chi connectivity index (χ0n) is 10.7. The van der Waals surface area contributed by atoms with Crippen molar-refractivity contribution >= 4 is 39.7 Å². The predicted molar refractivity (Wildman–Crippen MR) is 83.2 cm³/mol. The maximum absolute atomic E-state index is 11.0.